The third kappa shape index (κ3) is 3.14. The van der Waals surface area contributed by atoms with Crippen molar-refractivity contribution in [1.29, 1.82) is 0 Å². The van der Waals surface area contributed by atoms with Crippen LogP contribution in [-0.2, 0) is 0 Å². The number of aromatic nitrogens is 1. The van der Waals surface area contributed by atoms with Crippen molar-refractivity contribution in [2.75, 3.05) is 30.7 Å². The summed E-state index contributed by atoms with van der Waals surface area (Å²) in [6.07, 6.45) is 4.17. The minimum Gasteiger partial charge on any atom is -0.396 e. The Morgan fingerprint density at radius 3 is 3.14 bits per heavy atom. The van der Waals surface area contributed by atoms with Gasteiger partial charge in [-0.2, -0.15) is 0 Å². The van der Waals surface area contributed by atoms with Gasteiger partial charge in [0.1, 0.15) is 0 Å². The van der Waals surface area contributed by atoms with E-state index in [1.165, 1.54) is 19.4 Å². The molecule has 1 aliphatic heterocycles. The molecular formula is C16H21BrN4. The van der Waals surface area contributed by atoms with E-state index in [0.29, 0.717) is 11.7 Å². The second-order valence-corrected chi connectivity index (χ2v) is 6.54. The van der Waals surface area contributed by atoms with Crippen molar-refractivity contribution in [2.24, 2.45) is 0 Å². The van der Waals surface area contributed by atoms with Gasteiger partial charge in [-0.3, -0.25) is 4.98 Å². The zero-order chi connectivity index (χ0) is 14.8. The maximum absolute atomic E-state index is 6.17. The molecule has 2 aromatic rings. The van der Waals surface area contributed by atoms with Gasteiger partial charge in [0.25, 0.3) is 0 Å². The van der Waals surface area contributed by atoms with Gasteiger partial charge in [-0.15, -0.1) is 0 Å². The Kier molecular flexibility index (Phi) is 4.31. The molecule has 3 rings (SSSR count). The predicted octanol–water partition coefficient (Wildman–Crippen LogP) is 3.48. The largest absolute Gasteiger partial charge is 0.396 e. The number of anilines is 2. The third-order valence-electron chi connectivity index (χ3n) is 4.16. The fourth-order valence-corrected chi connectivity index (χ4v) is 3.37. The molecule has 0 bridgehead atoms. The van der Waals surface area contributed by atoms with Gasteiger partial charge >= 0.3 is 0 Å². The highest BCUT2D eigenvalue weighted by molar-refractivity contribution is 9.10. The number of halogens is 1. The van der Waals surface area contributed by atoms with Gasteiger partial charge in [-0.25, -0.2) is 0 Å². The maximum atomic E-state index is 6.17. The number of hydrogen-bond acceptors (Lipinski definition) is 4. The number of nitrogens with zero attached hydrogens (tertiary/aromatic N) is 2. The van der Waals surface area contributed by atoms with Crippen LogP contribution in [0.15, 0.2) is 28.9 Å². The first kappa shape index (κ1) is 14.6. The lowest BCUT2D eigenvalue weighted by Gasteiger charge is -2.33. The number of rotatable bonds is 3. The Morgan fingerprint density at radius 1 is 1.48 bits per heavy atom. The summed E-state index contributed by atoms with van der Waals surface area (Å²) in [6.45, 7) is 5.60. The summed E-state index contributed by atoms with van der Waals surface area (Å²) in [5.74, 6) is 0. The number of hydrogen-bond donors (Lipinski definition) is 2. The minimum absolute atomic E-state index is 0.450. The van der Waals surface area contributed by atoms with E-state index in [1.807, 2.05) is 12.1 Å². The lowest BCUT2D eigenvalue weighted by atomic mass is 10.0. The van der Waals surface area contributed by atoms with Gasteiger partial charge in [0.2, 0.25) is 0 Å². The number of nitrogens with two attached hydrogens (primary N) is 1. The zero-order valence-corrected chi connectivity index (χ0v) is 13.9. The molecule has 1 aromatic carbocycles. The predicted molar refractivity (Wildman–Crippen MR) is 92.6 cm³/mol. The van der Waals surface area contributed by atoms with Crippen LogP contribution in [0.3, 0.4) is 0 Å². The van der Waals surface area contributed by atoms with Crippen LogP contribution in [0, 0.1) is 0 Å². The molecule has 1 aromatic heterocycles. The normalized spacial score (nSPS) is 19.8. The molecule has 2 heterocycles. The number of likely N-dealkylation sites (N-methyl/N-ethyl adjacent to an activating group) is 1. The minimum atomic E-state index is 0.450. The first-order chi connectivity index (χ1) is 10.2. The molecule has 5 heteroatoms. The Labute approximate surface area is 133 Å². The molecule has 1 atom stereocenters. The van der Waals surface area contributed by atoms with Crippen LogP contribution in [0.2, 0.25) is 0 Å². The second kappa shape index (κ2) is 6.20. The number of pyridine rings is 1. The van der Waals surface area contributed by atoms with Crippen molar-refractivity contribution < 1.29 is 0 Å². The van der Waals surface area contributed by atoms with E-state index < -0.39 is 0 Å². The summed E-state index contributed by atoms with van der Waals surface area (Å²) in [5, 5.41) is 4.74. The van der Waals surface area contributed by atoms with Crippen LogP contribution in [0.5, 0.6) is 0 Å². The zero-order valence-electron chi connectivity index (χ0n) is 12.3. The molecular weight excluding hydrogens is 328 g/mol. The van der Waals surface area contributed by atoms with Crippen molar-refractivity contribution in [3.05, 3.63) is 28.9 Å². The van der Waals surface area contributed by atoms with Crippen molar-refractivity contribution >= 4 is 38.2 Å². The molecule has 1 unspecified atom stereocenters. The average molecular weight is 349 g/mol. The van der Waals surface area contributed by atoms with Crippen LogP contribution in [0.1, 0.15) is 19.8 Å². The van der Waals surface area contributed by atoms with Crippen LogP contribution in [0.25, 0.3) is 10.9 Å². The first-order valence-corrected chi connectivity index (χ1v) is 8.29. The Morgan fingerprint density at radius 2 is 2.33 bits per heavy atom. The van der Waals surface area contributed by atoms with Gasteiger partial charge in [-0.05, 0) is 44.1 Å². The van der Waals surface area contributed by atoms with Crippen molar-refractivity contribution in [2.45, 2.75) is 25.8 Å². The number of likely N-dealkylation sites (tertiary alicyclic amines) is 1. The van der Waals surface area contributed by atoms with E-state index in [-0.39, 0.29) is 0 Å². The maximum Gasteiger partial charge on any atom is 0.0743 e. The van der Waals surface area contributed by atoms with Gasteiger partial charge in [0.15, 0.2) is 0 Å². The van der Waals surface area contributed by atoms with Gasteiger partial charge in [0, 0.05) is 22.4 Å². The molecule has 1 saturated heterocycles. The Bertz CT molecular complexity index is 638. The molecule has 1 fully saturated rings. The number of fused-ring (bicyclic) bond motifs is 1. The van der Waals surface area contributed by atoms with Crippen molar-refractivity contribution in [3.63, 3.8) is 0 Å². The summed E-state index contributed by atoms with van der Waals surface area (Å²) in [7, 11) is 0. The molecule has 0 radical (unpaired) electrons. The van der Waals surface area contributed by atoms with Crippen LogP contribution < -0.4 is 11.1 Å². The van der Waals surface area contributed by atoms with E-state index in [2.05, 4.69) is 44.1 Å². The topological polar surface area (TPSA) is 54.2 Å². The van der Waals surface area contributed by atoms with E-state index in [1.54, 1.807) is 6.20 Å². The highest BCUT2D eigenvalue weighted by Crippen LogP contribution is 2.31. The Balaban J connectivity index is 1.92. The molecule has 0 aliphatic carbocycles. The van der Waals surface area contributed by atoms with Gasteiger partial charge < -0.3 is 16.0 Å². The van der Waals surface area contributed by atoms with Gasteiger partial charge in [-0.1, -0.05) is 22.9 Å². The quantitative estimate of drug-likeness (QED) is 0.891. The summed E-state index contributed by atoms with van der Waals surface area (Å²) in [4.78, 5) is 6.89. The number of piperidine rings is 1. The molecule has 4 nitrogen and oxygen atoms in total. The van der Waals surface area contributed by atoms with E-state index in [9.17, 15) is 0 Å². The van der Waals surface area contributed by atoms with Crippen LogP contribution >= 0.6 is 15.9 Å². The number of nitrogens with one attached hydrogen (secondary N) is 1. The van der Waals surface area contributed by atoms with Crippen molar-refractivity contribution in [3.8, 4) is 0 Å². The smallest absolute Gasteiger partial charge is 0.0743 e. The second-order valence-electron chi connectivity index (χ2n) is 5.63. The molecule has 21 heavy (non-hydrogen) atoms. The van der Waals surface area contributed by atoms with E-state index in [0.717, 1.165) is 34.2 Å². The first-order valence-electron chi connectivity index (χ1n) is 7.50. The molecule has 0 spiro atoms. The monoisotopic (exact) mass is 348 g/mol. The molecule has 0 saturated carbocycles. The summed E-state index contributed by atoms with van der Waals surface area (Å²) >= 11 is 3.53. The summed E-state index contributed by atoms with van der Waals surface area (Å²) in [5.41, 5.74) is 8.87. The fourth-order valence-electron chi connectivity index (χ4n) is 3.01. The highest BCUT2D eigenvalue weighted by atomic mass is 79.9. The van der Waals surface area contributed by atoms with E-state index in [4.69, 9.17) is 5.73 Å². The highest BCUT2D eigenvalue weighted by Gasteiger charge is 2.20. The van der Waals surface area contributed by atoms with Crippen LogP contribution in [-0.4, -0.2) is 35.6 Å². The standard InChI is InChI=1S/C16H21BrN4/c1-2-21-7-3-4-12(10-21)20-16-13-8-11(17)5-6-15(13)19-9-14(16)18/h5-6,8-9,12H,2-4,7,10,18H2,1H3,(H,19,20). The molecule has 3 N–H and O–H groups in total. The Hall–Kier alpha value is -1.33. The lowest BCUT2D eigenvalue weighted by molar-refractivity contribution is 0.227. The third-order valence-corrected chi connectivity index (χ3v) is 4.65. The number of benzene rings is 1. The van der Waals surface area contributed by atoms with Crippen molar-refractivity contribution in [1.82, 2.24) is 9.88 Å². The van der Waals surface area contributed by atoms with Gasteiger partial charge in [0.05, 0.1) is 23.1 Å². The van der Waals surface area contributed by atoms with Crippen LogP contribution in [0.4, 0.5) is 11.4 Å². The molecule has 0 amide bonds. The summed E-state index contributed by atoms with van der Waals surface area (Å²) < 4.78 is 1.05. The SMILES string of the molecule is CCN1CCCC(Nc2c(N)cnc3ccc(Br)cc23)C1. The average Bonchev–Trinajstić information content (AvgIpc) is 2.50. The molecule has 1 aliphatic rings. The fraction of sp³-hybridized carbons (Fsp3) is 0.438. The lowest BCUT2D eigenvalue weighted by Crippen LogP contribution is -2.41. The molecule has 112 valence electrons. The summed E-state index contributed by atoms with van der Waals surface area (Å²) in [6, 6.07) is 6.56. The number of nitrogen functional groups attached to an aromatic ring is 1. The van der Waals surface area contributed by atoms with E-state index >= 15 is 0 Å².